The normalized spacial score (nSPS) is 16.2. The van der Waals surface area contributed by atoms with E-state index in [4.69, 9.17) is 15.2 Å². The van der Waals surface area contributed by atoms with Crippen molar-refractivity contribution in [3.05, 3.63) is 23.8 Å². The van der Waals surface area contributed by atoms with Gasteiger partial charge in [-0.15, -0.1) is 0 Å². The lowest BCUT2D eigenvalue weighted by Gasteiger charge is -2.20. The zero-order chi connectivity index (χ0) is 17.5. The molecule has 1 aromatic carbocycles. The lowest BCUT2D eigenvalue weighted by molar-refractivity contribution is 0.0933. The molecule has 0 saturated heterocycles. The van der Waals surface area contributed by atoms with E-state index in [1.54, 1.807) is 19.2 Å². The maximum absolute atomic E-state index is 12.5. The highest BCUT2D eigenvalue weighted by Gasteiger charge is 2.20. The van der Waals surface area contributed by atoms with Gasteiger partial charge < -0.3 is 20.5 Å². The van der Waals surface area contributed by atoms with Crippen molar-refractivity contribution < 1.29 is 14.3 Å². The molecule has 1 amide bonds. The number of carbonyl (C=O) groups is 1. The van der Waals surface area contributed by atoms with Crippen LogP contribution in [-0.4, -0.2) is 31.7 Å². The highest BCUT2D eigenvalue weighted by Crippen LogP contribution is 2.32. The molecule has 0 aliphatic heterocycles. The molecule has 0 aromatic heterocycles. The van der Waals surface area contributed by atoms with E-state index < -0.39 is 0 Å². The SMILES string of the molecule is COc1cc(C(=O)NC(CN)CC(C)C)ccc1OC1CCCC1. The van der Waals surface area contributed by atoms with Crippen LogP contribution < -0.4 is 20.5 Å². The number of nitrogens with one attached hydrogen (secondary N) is 1. The van der Waals surface area contributed by atoms with Crippen molar-refractivity contribution in [2.75, 3.05) is 13.7 Å². The molecule has 1 aromatic rings. The van der Waals surface area contributed by atoms with Crippen LogP contribution in [0.2, 0.25) is 0 Å². The minimum absolute atomic E-state index is 0.0158. The predicted molar refractivity (Wildman–Crippen MR) is 95.6 cm³/mol. The van der Waals surface area contributed by atoms with E-state index in [9.17, 15) is 4.79 Å². The van der Waals surface area contributed by atoms with Crippen LogP contribution in [0.4, 0.5) is 0 Å². The van der Waals surface area contributed by atoms with Crippen LogP contribution in [0, 0.1) is 5.92 Å². The standard InChI is InChI=1S/C19H30N2O3/c1-13(2)10-15(12-20)21-19(22)14-8-9-17(18(11-14)23-3)24-16-6-4-5-7-16/h8-9,11,13,15-16H,4-7,10,12,20H2,1-3H3,(H,21,22). The number of amides is 1. The summed E-state index contributed by atoms with van der Waals surface area (Å²) < 4.78 is 11.4. The van der Waals surface area contributed by atoms with E-state index in [1.165, 1.54) is 12.8 Å². The van der Waals surface area contributed by atoms with Crippen LogP contribution in [0.25, 0.3) is 0 Å². The van der Waals surface area contributed by atoms with Gasteiger partial charge in [0.2, 0.25) is 0 Å². The number of nitrogens with two attached hydrogens (primary N) is 1. The Bertz CT molecular complexity index is 539. The summed E-state index contributed by atoms with van der Waals surface area (Å²) in [4.78, 5) is 12.5. The Balaban J connectivity index is 2.05. The fourth-order valence-electron chi connectivity index (χ4n) is 3.14. The molecule has 0 radical (unpaired) electrons. The molecule has 1 aliphatic rings. The van der Waals surface area contributed by atoms with Gasteiger partial charge in [0.25, 0.3) is 5.91 Å². The molecule has 0 spiro atoms. The average Bonchev–Trinajstić information content (AvgIpc) is 3.07. The van der Waals surface area contributed by atoms with Gasteiger partial charge in [-0.3, -0.25) is 4.79 Å². The van der Waals surface area contributed by atoms with Crippen molar-refractivity contribution in [3.63, 3.8) is 0 Å². The van der Waals surface area contributed by atoms with Gasteiger partial charge in [-0.2, -0.15) is 0 Å². The molecule has 1 atom stereocenters. The van der Waals surface area contributed by atoms with Gasteiger partial charge >= 0.3 is 0 Å². The molecule has 24 heavy (non-hydrogen) atoms. The van der Waals surface area contributed by atoms with E-state index in [1.807, 2.05) is 6.07 Å². The van der Waals surface area contributed by atoms with Crippen LogP contribution in [0.5, 0.6) is 11.5 Å². The quantitative estimate of drug-likeness (QED) is 0.766. The van der Waals surface area contributed by atoms with Gasteiger partial charge in [0.05, 0.1) is 13.2 Å². The molecule has 1 saturated carbocycles. The highest BCUT2D eigenvalue weighted by atomic mass is 16.5. The van der Waals surface area contributed by atoms with Crippen molar-refractivity contribution >= 4 is 5.91 Å². The van der Waals surface area contributed by atoms with Crippen molar-refractivity contribution in [2.24, 2.45) is 11.7 Å². The lowest BCUT2D eigenvalue weighted by atomic mass is 10.0. The number of hydrogen-bond acceptors (Lipinski definition) is 4. The fraction of sp³-hybridized carbons (Fsp3) is 0.632. The van der Waals surface area contributed by atoms with E-state index in [0.29, 0.717) is 29.5 Å². The van der Waals surface area contributed by atoms with Gasteiger partial charge in [0, 0.05) is 18.2 Å². The first-order chi connectivity index (χ1) is 11.5. The number of ether oxygens (including phenoxy) is 2. The molecule has 134 valence electrons. The van der Waals surface area contributed by atoms with E-state index in [0.717, 1.165) is 19.3 Å². The molecule has 1 aliphatic carbocycles. The molecule has 5 nitrogen and oxygen atoms in total. The zero-order valence-corrected chi connectivity index (χ0v) is 15.0. The summed E-state index contributed by atoms with van der Waals surface area (Å²) in [7, 11) is 1.60. The number of carbonyl (C=O) groups excluding carboxylic acids is 1. The van der Waals surface area contributed by atoms with Gasteiger partial charge in [0.1, 0.15) is 0 Å². The Morgan fingerprint density at radius 3 is 2.58 bits per heavy atom. The smallest absolute Gasteiger partial charge is 0.251 e. The number of methoxy groups -OCH3 is 1. The van der Waals surface area contributed by atoms with Crippen molar-refractivity contribution in [1.82, 2.24) is 5.32 Å². The van der Waals surface area contributed by atoms with Crippen LogP contribution in [0.3, 0.4) is 0 Å². The summed E-state index contributed by atoms with van der Waals surface area (Å²) in [6.45, 7) is 4.67. The molecule has 0 bridgehead atoms. The first kappa shape index (κ1) is 18.6. The highest BCUT2D eigenvalue weighted by molar-refractivity contribution is 5.95. The number of hydrogen-bond donors (Lipinski definition) is 2. The third-order valence-electron chi connectivity index (χ3n) is 4.40. The molecular formula is C19H30N2O3. The number of rotatable bonds is 8. The maximum atomic E-state index is 12.5. The summed E-state index contributed by atoms with van der Waals surface area (Å²) in [6.07, 6.45) is 5.71. The monoisotopic (exact) mass is 334 g/mol. The first-order valence-electron chi connectivity index (χ1n) is 8.89. The largest absolute Gasteiger partial charge is 0.493 e. The lowest BCUT2D eigenvalue weighted by Crippen LogP contribution is -2.41. The second kappa shape index (κ2) is 8.92. The number of benzene rings is 1. The third kappa shape index (κ3) is 5.13. The average molecular weight is 334 g/mol. The zero-order valence-electron chi connectivity index (χ0n) is 15.0. The summed E-state index contributed by atoms with van der Waals surface area (Å²) in [6, 6.07) is 5.33. The van der Waals surface area contributed by atoms with Crippen molar-refractivity contribution in [3.8, 4) is 11.5 Å². The first-order valence-corrected chi connectivity index (χ1v) is 8.89. The Kier molecular flexibility index (Phi) is 6.91. The Morgan fingerprint density at radius 1 is 1.29 bits per heavy atom. The van der Waals surface area contributed by atoms with Crippen molar-refractivity contribution in [1.29, 1.82) is 0 Å². The summed E-state index contributed by atoms with van der Waals surface area (Å²) in [5.41, 5.74) is 6.32. The van der Waals surface area contributed by atoms with E-state index in [-0.39, 0.29) is 18.1 Å². The van der Waals surface area contributed by atoms with Crippen LogP contribution in [0.15, 0.2) is 18.2 Å². The third-order valence-corrected chi connectivity index (χ3v) is 4.40. The summed E-state index contributed by atoms with van der Waals surface area (Å²) >= 11 is 0. The van der Waals surface area contributed by atoms with Crippen LogP contribution in [-0.2, 0) is 0 Å². The Labute approximate surface area is 144 Å². The van der Waals surface area contributed by atoms with Gasteiger partial charge in [-0.1, -0.05) is 13.8 Å². The fourth-order valence-corrected chi connectivity index (χ4v) is 3.14. The second-order valence-electron chi connectivity index (χ2n) is 6.93. The molecular weight excluding hydrogens is 304 g/mol. The Hall–Kier alpha value is -1.75. The maximum Gasteiger partial charge on any atom is 0.251 e. The van der Waals surface area contributed by atoms with Crippen LogP contribution >= 0.6 is 0 Å². The van der Waals surface area contributed by atoms with E-state index >= 15 is 0 Å². The molecule has 0 heterocycles. The van der Waals surface area contributed by atoms with Gasteiger partial charge in [0.15, 0.2) is 11.5 Å². The van der Waals surface area contributed by atoms with Crippen LogP contribution in [0.1, 0.15) is 56.3 Å². The molecule has 2 rings (SSSR count). The molecule has 1 fully saturated rings. The predicted octanol–water partition coefficient (Wildman–Crippen LogP) is 3.12. The Morgan fingerprint density at radius 2 is 2.00 bits per heavy atom. The summed E-state index contributed by atoms with van der Waals surface area (Å²) in [5, 5.41) is 3.00. The topological polar surface area (TPSA) is 73.6 Å². The molecule has 1 unspecified atom stereocenters. The van der Waals surface area contributed by atoms with E-state index in [2.05, 4.69) is 19.2 Å². The van der Waals surface area contributed by atoms with Crippen molar-refractivity contribution in [2.45, 2.75) is 58.1 Å². The summed E-state index contributed by atoms with van der Waals surface area (Å²) in [5.74, 6) is 1.66. The second-order valence-corrected chi connectivity index (χ2v) is 6.93. The van der Waals surface area contributed by atoms with Gasteiger partial charge in [-0.05, 0) is 56.2 Å². The minimum atomic E-state index is -0.128. The molecule has 3 N–H and O–H groups in total. The molecule has 5 heteroatoms. The minimum Gasteiger partial charge on any atom is -0.493 e. The van der Waals surface area contributed by atoms with Gasteiger partial charge in [-0.25, -0.2) is 0 Å².